The number of hydrogen-bond donors (Lipinski definition) is 0. The molecule has 0 bridgehead atoms. The zero-order chi connectivity index (χ0) is 12.3. The van der Waals surface area contributed by atoms with E-state index in [0.29, 0.717) is 10.8 Å². The second kappa shape index (κ2) is 5.49. The Morgan fingerprint density at radius 2 is 2.12 bits per heavy atom. The summed E-state index contributed by atoms with van der Waals surface area (Å²) in [7, 11) is 0. The minimum atomic E-state index is -0.744. The van der Waals surface area contributed by atoms with Crippen molar-refractivity contribution in [2.45, 2.75) is 30.6 Å². The largest absolute Gasteiger partial charge is 0.318 e. The van der Waals surface area contributed by atoms with Crippen LogP contribution in [0.1, 0.15) is 25.7 Å². The second-order valence-corrected chi connectivity index (χ2v) is 5.37. The van der Waals surface area contributed by atoms with Crippen LogP contribution in [-0.2, 0) is 0 Å². The van der Waals surface area contributed by atoms with E-state index in [1.807, 2.05) is 0 Å². The number of nitro benzene ring substituents is 1. The van der Waals surface area contributed by atoms with Crippen LogP contribution in [0.2, 0.25) is 0 Å². The van der Waals surface area contributed by atoms with Crippen molar-refractivity contribution >= 4 is 17.4 Å². The summed E-state index contributed by atoms with van der Waals surface area (Å²) in [6.07, 6.45) is 4.87. The van der Waals surface area contributed by atoms with Crippen molar-refractivity contribution in [2.75, 3.05) is 5.75 Å². The van der Waals surface area contributed by atoms with Crippen LogP contribution in [-0.4, -0.2) is 10.7 Å². The summed E-state index contributed by atoms with van der Waals surface area (Å²) in [6, 6.07) is 4.29. The number of para-hydroxylation sites is 1. The Bertz CT molecular complexity index is 419. The van der Waals surface area contributed by atoms with Crippen LogP contribution in [0.4, 0.5) is 10.1 Å². The number of nitro groups is 1. The van der Waals surface area contributed by atoms with Gasteiger partial charge in [0.2, 0.25) is 5.82 Å². The molecule has 0 aliphatic heterocycles. The Kier molecular flexibility index (Phi) is 3.99. The van der Waals surface area contributed by atoms with E-state index in [4.69, 9.17) is 0 Å². The summed E-state index contributed by atoms with van der Waals surface area (Å²) >= 11 is 1.41. The number of benzene rings is 1. The first kappa shape index (κ1) is 12.4. The van der Waals surface area contributed by atoms with Gasteiger partial charge in [0, 0.05) is 5.75 Å². The number of halogens is 1. The second-order valence-electron chi connectivity index (χ2n) is 4.31. The molecule has 2 rings (SSSR count). The van der Waals surface area contributed by atoms with Crippen molar-refractivity contribution in [3.8, 4) is 0 Å². The molecule has 1 aliphatic carbocycles. The van der Waals surface area contributed by atoms with Gasteiger partial charge in [0.25, 0.3) is 0 Å². The van der Waals surface area contributed by atoms with Gasteiger partial charge >= 0.3 is 5.69 Å². The van der Waals surface area contributed by atoms with Gasteiger partial charge in [-0.25, -0.2) is 0 Å². The molecule has 1 fully saturated rings. The lowest BCUT2D eigenvalue weighted by Crippen LogP contribution is -1.99. The molecule has 0 saturated heterocycles. The molecule has 1 aromatic rings. The van der Waals surface area contributed by atoms with Crippen LogP contribution in [0.3, 0.4) is 0 Å². The molecule has 0 heterocycles. The first-order valence-corrected chi connectivity index (χ1v) is 6.72. The minimum Gasteiger partial charge on any atom is -0.258 e. The highest BCUT2D eigenvalue weighted by Gasteiger charge is 2.22. The maximum atomic E-state index is 13.3. The highest BCUT2D eigenvalue weighted by atomic mass is 32.2. The normalized spacial score (nSPS) is 16.3. The van der Waals surface area contributed by atoms with Gasteiger partial charge in [-0.3, -0.25) is 10.1 Å². The number of nitrogens with zero attached hydrogens (tertiary/aromatic N) is 1. The quantitative estimate of drug-likeness (QED) is 0.463. The molecule has 17 heavy (non-hydrogen) atoms. The van der Waals surface area contributed by atoms with Crippen molar-refractivity contribution < 1.29 is 9.31 Å². The van der Waals surface area contributed by atoms with Gasteiger partial charge in [-0.1, -0.05) is 18.9 Å². The fraction of sp³-hybridized carbons (Fsp3) is 0.500. The Morgan fingerprint density at radius 3 is 2.76 bits per heavy atom. The van der Waals surface area contributed by atoms with E-state index < -0.39 is 10.7 Å². The van der Waals surface area contributed by atoms with Gasteiger partial charge in [0.15, 0.2) is 0 Å². The lowest BCUT2D eigenvalue weighted by molar-refractivity contribution is -0.390. The molecule has 0 atom stereocenters. The maximum absolute atomic E-state index is 13.3. The van der Waals surface area contributed by atoms with E-state index in [2.05, 4.69) is 0 Å². The first-order valence-electron chi connectivity index (χ1n) is 5.74. The Labute approximate surface area is 104 Å². The lowest BCUT2D eigenvalue weighted by atomic mass is 10.1. The van der Waals surface area contributed by atoms with E-state index in [1.54, 1.807) is 6.07 Å². The third-order valence-corrected chi connectivity index (χ3v) is 4.36. The fourth-order valence-electron chi connectivity index (χ4n) is 2.17. The van der Waals surface area contributed by atoms with Crippen LogP contribution in [0.5, 0.6) is 0 Å². The summed E-state index contributed by atoms with van der Waals surface area (Å²) in [5.74, 6) is 0.735. The van der Waals surface area contributed by atoms with Crippen LogP contribution in [0.25, 0.3) is 0 Å². The molecule has 0 aromatic heterocycles. The Morgan fingerprint density at radius 1 is 1.41 bits per heavy atom. The lowest BCUT2D eigenvalue weighted by Gasteiger charge is -2.08. The third kappa shape index (κ3) is 2.97. The van der Waals surface area contributed by atoms with E-state index in [0.717, 1.165) is 11.8 Å². The van der Waals surface area contributed by atoms with Crippen LogP contribution in [0.15, 0.2) is 23.1 Å². The molecule has 1 saturated carbocycles. The fourth-order valence-corrected chi connectivity index (χ4v) is 3.41. The molecule has 0 N–H and O–H groups in total. The standard InChI is InChI=1S/C12H14FNO2S/c13-10-6-3-7-11(12(10)14(15)16)17-8-9-4-1-2-5-9/h3,6-7,9H,1-2,4-5,8H2. The van der Waals surface area contributed by atoms with Crippen molar-refractivity contribution in [1.82, 2.24) is 0 Å². The molecule has 1 aromatic carbocycles. The van der Waals surface area contributed by atoms with E-state index in [1.165, 1.54) is 43.5 Å². The van der Waals surface area contributed by atoms with Gasteiger partial charge in [-0.15, -0.1) is 11.8 Å². The smallest absolute Gasteiger partial charge is 0.258 e. The molecule has 0 spiro atoms. The van der Waals surface area contributed by atoms with Crippen molar-refractivity contribution in [3.63, 3.8) is 0 Å². The highest BCUT2D eigenvalue weighted by Crippen LogP contribution is 2.35. The summed E-state index contributed by atoms with van der Waals surface area (Å²) in [5.41, 5.74) is -0.379. The number of rotatable bonds is 4. The zero-order valence-corrected chi connectivity index (χ0v) is 10.2. The summed E-state index contributed by atoms with van der Waals surface area (Å²) in [4.78, 5) is 10.6. The van der Waals surface area contributed by atoms with Crippen molar-refractivity contribution in [1.29, 1.82) is 0 Å². The molecule has 0 unspecified atom stereocenters. The third-order valence-electron chi connectivity index (χ3n) is 3.08. The van der Waals surface area contributed by atoms with Gasteiger partial charge in [-0.2, -0.15) is 4.39 Å². The van der Waals surface area contributed by atoms with Crippen molar-refractivity contribution in [3.05, 3.63) is 34.1 Å². The Hall–Kier alpha value is -1.10. The molecule has 1 aliphatic rings. The van der Waals surface area contributed by atoms with Gasteiger partial charge in [0.1, 0.15) is 0 Å². The molecular weight excluding hydrogens is 241 g/mol. The zero-order valence-electron chi connectivity index (χ0n) is 9.39. The topological polar surface area (TPSA) is 43.1 Å². The van der Waals surface area contributed by atoms with Crippen LogP contribution in [0, 0.1) is 21.8 Å². The predicted octanol–water partition coefficient (Wildman–Crippen LogP) is 4.02. The van der Waals surface area contributed by atoms with E-state index in [-0.39, 0.29) is 5.69 Å². The monoisotopic (exact) mass is 255 g/mol. The molecule has 0 radical (unpaired) electrons. The molecule has 92 valence electrons. The predicted molar refractivity (Wildman–Crippen MR) is 65.7 cm³/mol. The van der Waals surface area contributed by atoms with E-state index in [9.17, 15) is 14.5 Å². The van der Waals surface area contributed by atoms with Gasteiger partial charge in [-0.05, 0) is 30.9 Å². The summed E-state index contributed by atoms with van der Waals surface area (Å²) < 4.78 is 13.3. The van der Waals surface area contributed by atoms with Crippen molar-refractivity contribution in [2.24, 2.45) is 5.92 Å². The average Bonchev–Trinajstić information content (AvgIpc) is 2.78. The maximum Gasteiger partial charge on any atom is 0.318 e. The van der Waals surface area contributed by atoms with E-state index >= 15 is 0 Å². The number of hydrogen-bond acceptors (Lipinski definition) is 3. The summed E-state index contributed by atoms with van der Waals surface area (Å²) in [6.45, 7) is 0. The Balaban J connectivity index is 2.09. The molecule has 5 heteroatoms. The highest BCUT2D eigenvalue weighted by molar-refractivity contribution is 7.99. The van der Waals surface area contributed by atoms with Gasteiger partial charge < -0.3 is 0 Å². The molecular formula is C12H14FNO2S. The minimum absolute atomic E-state index is 0.379. The van der Waals surface area contributed by atoms with Crippen LogP contribution < -0.4 is 0 Å². The van der Waals surface area contributed by atoms with Gasteiger partial charge in [0.05, 0.1) is 9.82 Å². The average molecular weight is 255 g/mol. The first-order chi connectivity index (χ1) is 8.18. The number of thioether (sulfide) groups is 1. The summed E-state index contributed by atoms with van der Waals surface area (Å²) in [5, 5.41) is 10.8. The molecule has 3 nitrogen and oxygen atoms in total. The SMILES string of the molecule is O=[N+]([O-])c1c(F)cccc1SCC1CCCC1. The van der Waals surface area contributed by atoms with Crippen LogP contribution >= 0.6 is 11.8 Å². The molecule has 0 amide bonds.